The van der Waals surface area contributed by atoms with Crippen LogP contribution in [-0.2, 0) is 10.0 Å². The Morgan fingerprint density at radius 3 is 2.42 bits per heavy atom. The van der Waals surface area contributed by atoms with Gasteiger partial charge in [0.05, 0.1) is 22.1 Å². The third-order valence-electron chi connectivity index (χ3n) is 3.61. The van der Waals surface area contributed by atoms with Crippen molar-refractivity contribution < 1.29 is 12.9 Å². The maximum Gasteiger partial charge on any atom is 0.238 e. The molecule has 0 aliphatic heterocycles. The first-order valence-corrected chi connectivity index (χ1v) is 8.55. The summed E-state index contributed by atoms with van der Waals surface area (Å²) in [6, 6.07) is 15.3. The molecule has 2 aromatic carbocycles. The van der Waals surface area contributed by atoms with Gasteiger partial charge in [0, 0.05) is 11.1 Å². The molecule has 3 rings (SSSR count). The van der Waals surface area contributed by atoms with Crippen LogP contribution in [0.4, 0.5) is 0 Å². The summed E-state index contributed by atoms with van der Waals surface area (Å²) < 4.78 is 29.0. The minimum Gasteiger partial charge on any atom is -0.360 e. The van der Waals surface area contributed by atoms with E-state index in [9.17, 15) is 8.42 Å². The summed E-state index contributed by atoms with van der Waals surface area (Å²) in [5.41, 5.74) is 2.71. The monoisotopic (exact) mass is 339 g/mol. The van der Waals surface area contributed by atoms with Crippen molar-refractivity contribution in [2.75, 3.05) is 0 Å². The molecule has 2 N–H and O–H groups in total. The second-order valence-corrected chi connectivity index (χ2v) is 6.72. The van der Waals surface area contributed by atoms with Gasteiger partial charge in [-0.15, -0.1) is 0 Å². The smallest absolute Gasteiger partial charge is 0.238 e. The standard InChI is InChI=1S/C17H13N3O3S/c1-11-16(14-4-2-3-5-15(14)24(19,21)22)17(20-23-11)13-8-6-12(10-18)7-9-13/h2-9H,1H3,(H2,19,21,22). The van der Waals surface area contributed by atoms with Crippen molar-refractivity contribution in [1.29, 1.82) is 5.26 Å². The first-order valence-electron chi connectivity index (χ1n) is 7.01. The molecule has 6 nitrogen and oxygen atoms in total. The van der Waals surface area contributed by atoms with Gasteiger partial charge < -0.3 is 4.52 Å². The molecule has 120 valence electrons. The highest BCUT2D eigenvalue weighted by Crippen LogP contribution is 2.37. The number of aromatic nitrogens is 1. The molecule has 3 aromatic rings. The lowest BCUT2D eigenvalue weighted by Gasteiger charge is -2.08. The van der Waals surface area contributed by atoms with Crippen LogP contribution in [0.1, 0.15) is 11.3 Å². The Morgan fingerprint density at radius 2 is 1.79 bits per heavy atom. The molecule has 1 aromatic heterocycles. The number of benzene rings is 2. The molecular weight excluding hydrogens is 326 g/mol. The molecule has 0 spiro atoms. The maximum absolute atomic E-state index is 11.9. The zero-order valence-electron chi connectivity index (χ0n) is 12.7. The van der Waals surface area contributed by atoms with E-state index in [1.807, 2.05) is 6.07 Å². The van der Waals surface area contributed by atoms with Crippen LogP contribution in [-0.4, -0.2) is 13.6 Å². The van der Waals surface area contributed by atoms with Crippen LogP contribution in [0.15, 0.2) is 57.9 Å². The summed E-state index contributed by atoms with van der Waals surface area (Å²) >= 11 is 0. The van der Waals surface area contributed by atoms with Crippen molar-refractivity contribution in [3.05, 3.63) is 59.9 Å². The molecular formula is C17H13N3O3S. The van der Waals surface area contributed by atoms with Gasteiger partial charge in [-0.3, -0.25) is 0 Å². The zero-order valence-corrected chi connectivity index (χ0v) is 13.5. The molecule has 0 aliphatic carbocycles. The molecule has 0 radical (unpaired) electrons. The molecule has 0 fully saturated rings. The second kappa shape index (κ2) is 5.92. The minimum absolute atomic E-state index is 0.00574. The van der Waals surface area contributed by atoms with E-state index in [1.165, 1.54) is 6.07 Å². The minimum atomic E-state index is -3.90. The van der Waals surface area contributed by atoms with Crippen LogP contribution in [0, 0.1) is 18.3 Å². The summed E-state index contributed by atoms with van der Waals surface area (Å²) in [6.07, 6.45) is 0. The lowest BCUT2D eigenvalue weighted by Crippen LogP contribution is -2.13. The van der Waals surface area contributed by atoms with Crippen LogP contribution in [0.3, 0.4) is 0 Å². The average Bonchev–Trinajstić information content (AvgIpc) is 2.95. The second-order valence-electron chi connectivity index (χ2n) is 5.19. The van der Waals surface area contributed by atoms with Crippen molar-refractivity contribution in [3.63, 3.8) is 0 Å². The molecule has 0 unspecified atom stereocenters. The number of nitrogens with two attached hydrogens (primary N) is 1. The fourth-order valence-corrected chi connectivity index (χ4v) is 3.26. The summed E-state index contributed by atoms with van der Waals surface area (Å²) in [5.74, 6) is 0.477. The Balaban J connectivity index is 2.25. The van der Waals surface area contributed by atoms with Crippen LogP contribution in [0.25, 0.3) is 22.4 Å². The Bertz CT molecular complexity index is 1050. The number of aryl methyl sites for hydroxylation is 1. The number of hydrogen-bond donors (Lipinski definition) is 1. The molecule has 0 atom stereocenters. The largest absolute Gasteiger partial charge is 0.360 e. The lowest BCUT2D eigenvalue weighted by molar-refractivity contribution is 0.400. The van der Waals surface area contributed by atoms with Gasteiger partial charge in [-0.25, -0.2) is 13.6 Å². The van der Waals surface area contributed by atoms with E-state index in [-0.39, 0.29) is 4.90 Å². The lowest BCUT2D eigenvalue weighted by atomic mass is 9.99. The van der Waals surface area contributed by atoms with Crippen molar-refractivity contribution in [2.45, 2.75) is 11.8 Å². The maximum atomic E-state index is 11.9. The van der Waals surface area contributed by atoms with Crippen molar-refractivity contribution >= 4 is 10.0 Å². The van der Waals surface area contributed by atoms with Gasteiger partial charge in [-0.1, -0.05) is 35.5 Å². The van der Waals surface area contributed by atoms with Crippen molar-refractivity contribution in [3.8, 4) is 28.5 Å². The highest BCUT2D eigenvalue weighted by molar-refractivity contribution is 7.89. The van der Waals surface area contributed by atoms with Gasteiger partial charge in [0.15, 0.2) is 0 Å². The van der Waals surface area contributed by atoms with E-state index in [0.29, 0.717) is 33.7 Å². The first-order chi connectivity index (χ1) is 11.4. The Hall–Kier alpha value is -2.95. The van der Waals surface area contributed by atoms with Crippen LogP contribution < -0.4 is 5.14 Å². The summed E-state index contributed by atoms with van der Waals surface area (Å²) in [6.45, 7) is 1.70. The SMILES string of the molecule is Cc1onc(-c2ccc(C#N)cc2)c1-c1ccccc1S(N)(=O)=O. The van der Waals surface area contributed by atoms with Gasteiger partial charge >= 0.3 is 0 Å². The fraction of sp³-hybridized carbons (Fsp3) is 0.0588. The number of hydrogen-bond acceptors (Lipinski definition) is 5. The Labute approximate surface area is 139 Å². The predicted octanol–water partition coefficient (Wildman–Crippen LogP) is 2.84. The third-order valence-corrected chi connectivity index (χ3v) is 4.58. The third kappa shape index (κ3) is 2.80. The Morgan fingerprint density at radius 1 is 1.12 bits per heavy atom. The molecule has 0 aliphatic rings. The molecule has 0 bridgehead atoms. The zero-order chi connectivity index (χ0) is 17.3. The average molecular weight is 339 g/mol. The Kier molecular flexibility index (Phi) is 3.93. The van der Waals surface area contributed by atoms with Gasteiger partial charge in [-0.2, -0.15) is 5.26 Å². The number of rotatable bonds is 3. The van der Waals surface area contributed by atoms with Gasteiger partial charge in [0.2, 0.25) is 10.0 Å². The van der Waals surface area contributed by atoms with Crippen molar-refractivity contribution in [2.24, 2.45) is 5.14 Å². The van der Waals surface area contributed by atoms with Crippen LogP contribution in [0.2, 0.25) is 0 Å². The van der Waals surface area contributed by atoms with E-state index in [2.05, 4.69) is 5.16 Å². The van der Waals surface area contributed by atoms with E-state index in [4.69, 9.17) is 14.9 Å². The highest BCUT2D eigenvalue weighted by Gasteiger charge is 2.22. The topological polar surface area (TPSA) is 110 Å². The van der Waals surface area contributed by atoms with Gasteiger partial charge in [0.25, 0.3) is 0 Å². The van der Waals surface area contributed by atoms with Crippen LogP contribution in [0.5, 0.6) is 0 Å². The van der Waals surface area contributed by atoms with Gasteiger partial charge in [0.1, 0.15) is 11.5 Å². The molecule has 24 heavy (non-hydrogen) atoms. The number of nitriles is 1. The predicted molar refractivity (Wildman–Crippen MR) is 88.2 cm³/mol. The van der Waals surface area contributed by atoms with Crippen molar-refractivity contribution in [1.82, 2.24) is 5.16 Å². The van der Waals surface area contributed by atoms with E-state index in [0.717, 1.165) is 0 Å². The quantitative estimate of drug-likeness (QED) is 0.789. The highest BCUT2D eigenvalue weighted by atomic mass is 32.2. The fourth-order valence-electron chi connectivity index (χ4n) is 2.51. The normalized spacial score (nSPS) is 11.2. The van der Waals surface area contributed by atoms with Gasteiger partial charge in [-0.05, 0) is 25.1 Å². The first kappa shape index (κ1) is 15.9. The number of primary sulfonamides is 1. The number of sulfonamides is 1. The summed E-state index contributed by atoms with van der Waals surface area (Å²) in [5, 5.41) is 18.3. The molecule has 0 saturated heterocycles. The summed E-state index contributed by atoms with van der Waals surface area (Å²) in [4.78, 5) is 0.00574. The molecule has 7 heteroatoms. The summed E-state index contributed by atoms with van der Waals surface area (Å²) in [7, 11) is -3.90. The molecule has 0 amide bonds. The van der Waals surface area contributed by atoms with E-state index >= 15 is 0 Å². The van der Waals surface area contributed by atoms with E-state index < -0.39 is 10.0 Å². The molecule has 1 heterocycles. The van der Waals surface area contributed by atoms with Crippen LogP contribution >= 0.6 is 0 Å². The number of nitrogens with zero attached hydrogens (tertiary/aromatic N) is 2. The van der Waals surface area contributed by atoms with E-state index in [1.54, 1.807) is 49.4 Å². The molecule has 0 saturated carbocycles.